The number of anilines is 2. The fraction of sp³-hybridized carbons (Fsp3) is 0.700. The highest BCUT2D eigenvalue weighted by Crippen LogP contribution is 2.16. The Morgan fingerprint density at radius 1 is 1.16 bits per heavy atom. The van der Waals surface area contributed by atoms with Crippen molar-refractivity contribution in [2.75, 3.05) is 30.0 Å². The molecule has 7 nitrogen and oxygen atoms in total. The van der Waals surface area contributed by atoms with Crippen molar-refractivity contribution in [1.29, 1.82) is 0 Å². The lowest BCUT2D eigenvalue weighted by molar-refractivity contribution is 0.559. The summed E-state index contributed by atoms with van der Waals surface area (Å²) in [5.41, 5.74) is 0. The zero-order valence-corrected chi connectivity index (χ0v) is 12.9. The number of hydrogen-bond acceptors (Lipinski definition) is 7. The smallest absolute Gasteiger partial charge is 0.228 e. The molecule has 0 radical (unpaired) electrons. The van der Waals surface area contributed by atoms with Gasteiger partial charge in [-0.1, -0.05) is 0 Å². The molecule has 0 aliphatic heterocycles. The van der Waals surface area contributed by atoms with Crippen molar-refractivity contribution in [3.63, 3.8) is 0 Å². The maximum Gasteiger partial charge on any atom is 0.228 e. The van der Waals surface area contributed by atoms with E-state index in [9.17, 15) is 8.42 Å². The molecule has 0 spiro atoms. The number of halogens is 1. The van der Waals surface area contributed by atoms with Gasteiger partial charge in [0.25, 0.3) is 0 Å². The third-order valence-electron chi connectivity index (χ3n) is 2.62. The van der Waals surface area contributed by atoms with Crippen molar-refractivity contribution >= 4 is 33.3 Å². The van der Waals surface area contributed by atoms with Gasteiger partial charge in [-0.2, -0.15) is 15.0 Å². The van der Waals surface area contributed by atoms with Crippen molar-refractivity contribution in [2.24, 2.45) is 0 Å². The first-order chi connectivity index (χ1) is 8.65. The van der Waals surface area contributed by atoms with Gasteiger partial charge in [-0.05, 0) is 32.4 Å². The average molecular weight is 308 g/mol. The van der Waals surface area contributed by atoms with Crippen LogP contribution in [0.2, 0.25) is 5.28 Å². The van der Waals surface area contributed by atoms with Crippen molar-refractivity contribution in [3.05, 3.63) is 5.28 Å². The Hall–Kier alpha value is -1.15. The molecule has 1 heterocycles. The molecule has 0 aromatic carbocycles. The van der Waals surface area contributed by atoms with Gasteiger partial charge in [0.2, 0.25) is 17.2 Å². The molecule has 0 unspecified atom stereocenters. The highest BCUT2D eigenvalue weighted by molar-refractivity contribution is 7.92. The molecule has 1 aromatic rings. The minimum Gasteiger partial charge on any atom is -0.354 e. The number of rotatable bonds is 6. The van der Waals surface area contributed by atoms with Gasteiger partial charge in [0.15, 0.2) is 9.84 Å². The maximum atomic E-state index is 11.6. The fourth-order valence-corrected chi connectivity index (χ4v) is 1.58. The number of nitrogens with zero attached hydrogens (tertiary/aromatic N) is 3. The zero-order chi connectivity index (χ0) is 14.7. The van der Waals surface area contributed by atoms with Gasteiger partial charge in [0.05, 0.1) is 4.75 Å². The summed E-state index contributed by atoms with van der Waals surface area (Å²) in [5.74, 6) is 0.592. The first kappa shape index (κ1) is 15.9. The van der Waals surface area contributed by atoms with E-state index in [1.165, 1.54) is 6.26 Å². The minimum absolute atomic E-state index is 0.0469. The summed E-state index contributed by atoms with van der Waals surface area (Å²) in [6.07, 6.45) is 1.19. The predicted molar refractivity (Wildman–Crippen MR) is 76.4 cm³/mol. The van der Waals surface area contributed by atoms with Crippen molar-refractivity contribution < 1.29 is 8.42 Å². The Morgan fingerprint density at radius 2 is 1.68 bits per heavy atom. The molecule has 0 aliphatic carbocycles. The lowest BCUT2D eigenvalue weighted by Crippen LogP contribution is -2.38. The van der Waals surface area contributed by atoms with Crippen LogP contribution in [-0.2, 0) is 9.84 Å². The Kier molecular flexibility index (Phi) is 4.92. The fourth-order valence-electron chi connectivity index (χ4n) is 1.09. The van der Waals surface area contributed by atoms with E-state index in [2.05, 4.69) is 25.6 Å². The van der Waals surface area contributed by atoms with Crippen LogP contribution in [0.5, 0.6) is 0 Å². The molecule has 0 aliphatic rings. The Balaban J connectivity index is 2.83. The van der Waals surface area contributed by atoms with E-state index in [0.29, 0.717) is 12.5 Å². The highest BCUT2D eigenvalue weighted by Gasteiger charge is 2.30. The summed E-state index contributed by atoms with van der Waals surface area (Å²) < 4.78 is 22.2. The number of hydrogen-bond donors (Lipinski definition) is 2. The highest BCUT2D eigenvalue weighted by atomic mass is 35.5. The first-order valence-electron chi connectivity index (χ1n) is 5.74. The summed E-state index contributed by atoms with van der Waals surface area (Å²) >= 11 is 5.77. The summed E-state index contributed by atoms with van der Waals surface area (Å²) in [6, 6.07) is 0. The van der Waals surface area contributed by atoms with Crippen LogP contribution in [-0.4, -0.2) is 47.5 Å². The van der Waals surface area contributed by atoms with Crippen LogP contribution >= 0.6 is 11.6 Å². The van der Waals surface area contributed by atoms with E-state index >= 15 is 0 Å². The van der Waals surface area contributed by atoms with E-state index < -0.39 is 14.6 Å². The van der Waals surface area contributed by atoms with Crippen LogP contribution in [0.4, 0.5) is 11.9 Å². The molecule has 108 valence electrons. The predicted octanol–water partition coefficient (Wildman–Crippen LogP) is 1.19. The van der Waals surface area contributed by atoms with E-state index in [4.69, 9.17) is 11.6 Å². The van der Waals surface area contributed by atoms with Crippen molar-refractivity contribution in [3.8, 4) is 0 Å². The summed E-state index contributed by atoms with van der Waals surface area (Å²) in [5, 5.41) is 5.82. The van der Waals surface area contributed by atoms with E-state index in [-0.39, 0.29) is 17.8 Å². The van der Waals surface area contributed by atoms with E-state index in [1.54, 1.807) is 13.8 Å². The second-order valence-corrected chi connectivity index (χ2v) is 7.65. The largest absolute Gasteiger partial charge is 0.354 e. The third-order valence-corrected chi connectivity index (χ3v) is 4.94. The van der Waals surface area contributed by atoms with Gasteiger partial charge >= 0.3 is 0 Å². The monoisotopic (exact) mass is 307 g/mol. The molecule has 19 heavy (non-hydrogen) atoms. The van der Waals surface area contributed by atoms with Crippen LogP contribution in [0, 0.1) is 0 Å². The second kappa shape index (κ2) is 5.87. The second-order valence-electron chi connectivity index (χ2n) is 4.67. The molecule has 1 aromatic heterocycles. The molecular weight excluding hydrogens is 290 g/mol. The Bertz CT molecular complexity index is 547. The minimum atomic E-state index is -3.19. The molecule has 2 N–H and O–H groups in total. The Morgan fingerprint density at radius 3 is 2.16 bits per heavy atom. The number of aromatic nitrogens is 3. The number of nitrogens with one attached hydrogen (secondary N) is 2. The lowest BCUT2D eigenvalue weighted by atomic mass is 10.2. The lowest BCUT2D eigenvalue weighted by Gasteiger charge is -2.22. The Labute approximate surface area is 118 Å². The maximum absolute atomic E-state index is 11.6. The molecule has 0 saturated carbocycles. The summed E-state index contributed by atoms with van der Waals surface area (Å²) in [7, 11) is -3.19. The van der Waals surface area contributed by atoms with Gasteiger partial charge < -0.3 is 10.6 Å². The van der Waals surface area contributed by atoms with E-state index in [0.717, 1.165) is 0 Å². The summed E-state index contributed by atoms with van der Waals surface area (Å²) in [4.78, 5) is 11.9. The SMILES string of the molecule is CCNc1nc(Cl)nc(NCC(C)(C)S(C)(=O)=O)n1. The van der Waals surface area contributed by atoms with Crippen LogP contribution in [0.3, 0.4) is 0 Å². The first-order valence-corrected chi connectivity index (χ1v) is 8.01. The van der Waals surface area contributed by atoms with Crippen molar-refractivity contribution in [2.45, 2.75) is 25.5 Å². The van der Waals surface area contributed by atoms with Gasteiger partial charge in [0.1, 0.15) is 0 Å². The van der Waals surface area contributed by atoms with Gasteiger partial charge in [-0.15, -0.1) is 0 Å². The van der Waals surface area contributed by atoms with Crippen LogP contribution < -0.4 is 10.6 Å². The third kappa shape index (κ3) is 4.46. The van der Waals surface area contributed by atoms with Gasteiger partial charge in [-0.3, -0.25) is 0 Å². The normalized spacial score (nSPS) is 12.3. The van der Waals surface area contributed by atoms with Crippen LogP contribution in [0.1, 0.15) is 20.8 Å². The molecule has 0 saturated heterocycles. The van der Waals surface area contributed by atoms with Crippen LogP contribution in [0.15, 0.2) is 0 Å². The van der Waals surface area contributed by atoms with Gasteiger partial charge in [0, 0.05) is 19.3 Å². The molecule has 0 amide bonds. The molecule has 0 fully saturated rings. The molecular formula is C10H18ClN5O2S. The molecule has 1 rings (SSSR count). The van der Waals surface area contributed by atoms with Gasteiger partial charge in [-0.25, -0.2) is 8.42 Å². The van der Waals surface area contributed by atoms with E-state index in [1.807, 2.05) is 6.92 Å². The van der Waals surface area contributed by atoms with Crippen molar-refractivity contribution in [1.82, 2.24) is 15.0 Å². The quantitative estimate of drug-likeness (QED) is 0.814. The summed E-state index contributed by atoms with van der Waals surface area (Å²) in [6.45, 7) is 5.98. The topological polar surface area (TPSA) is 96.9 Å². The average Bonchev–Trinajstić information content (AvgIpc) is 2.25. The molecule has 0 atom stereocenters. The van der Waals surface area contributed by atoms with Crippen LogP contribution in [0.25, 0.3) is 0 Å². The zero-order valence-electron chi connectivity index (χ0n) is 11.4. The standard InChI is InChI=1S/C10H18ClN5O2S/c1-5-12-8-14-7(11)15-9(16-8)13-6-10(2,3)19(4,17)18/h5-6H2,1-4H3,(H2,12,13,14,15,16). The molecule has 0 bridgehead atoms. The number of sulfone groups is 1. The molecule has 9 heteroatoms.